The third kappa shape index (κ3) is 2.78. The Kier molecular flexibility index (Phi) is 3.88. The average Bonchev–Trinajstić information content (AvgIpc) is 2.65. The summed E-state index contributed by atoms with van der Waals surface area (Å²) in [4.78, 5) is 13.3. The molecule has 0 unspecified atom stereocenters. The van der Waals surface area contributed by atoms with Crippen LogP contribution in [0.1, 0.15) is 12.0 Å². The average molecular weight is 283 g/mol. The Hall–Kier alpha value is -1.44. The third-order valence-electron chi connectivity index (χ3n) is 3.11. The van der Waals surface area contributed by atoms with Crippen LogP contribution in [0.4, 0.5) is 5.69 Å². The number of hydrogen-bond donors (Lipinski definition) is 2. The van der Waals surface area contributed by atoms with Gasteiger partial charge in [0.05, 0.1) is 11.3 Å². The van der Waals surface area contributed by atoms with Gasteiger partial charge in [-0.3, -0.25) is 4.79 Å². The van der Waals surface area contributed by atoms with Crippen LogP contribution < -0.4 is 15.4 Å². The highest BCUT2D eigenvalue weighted by molar-refractivity contribution is 7.89. The fourth-order valence-corrected chi connectivity index (χ4v) is 3.13. The van der Waals surface area contributed by atoms with Crippen LogP contribution in [0.3, 0.4) is 0 Å². The monoisotopic (exact) mass is 283 g/mol. The van der Waals surface area contributed by atoms with E-state index in [1.165, 1.54) is 11.0 Å². The number of amides is 1. The zero-order valence-electron chi connectivity index (χ0n) is 10.7. The molecule has 3 N–H and O–H groups in total. The Morgan fingerprint density at radius 3 is 2.84 bits per heavy atom. The van der Waals surface area contributed by atoms with Crippen molar-refractivity contribution in [2.45, 2.75) is 17.7 Å². The number of hydrogen-bond acceptors (Lipinski definition) is 4. The van der Waals surface area contributed by atoms with Crippen molar-refractivity contribution in [1.29, 1.82) is 0 Å². The summed E-state index contributed by atoms with van der Waals surface area (Å²) in [6.07, 6.45) is 0.837. The summed E-state index contributed by atoms with van der Waals surface area (Å²) in [5.41, 5.74) is 6.84. The second-order valence-electron chi connectivity index (χ2n) is 4.46. The number of fused-ring (bicyclic) bond motifs is 1. The molecule has 0 radical (unpaired) electrons. The highest BCUT2D eigenvalue weighted by Gasteiger charge is 2.25. The predicted molar refractivity (Wildman–Crippen MR) is 72.4 cm³/mol. The summed E-state index contributed by atoms with van der Waals surface area (Å²) < 4.78 is 26.5. The first-order valence-electron chi connectivity index (χ1n) is 6.05. The maximum atomic E-state index is 12.0. The van der Waals surface area contributed by atoms with Crippen LogP contribution in [0.25, 0.3) is 0 Å². The number of nitrogens with zero attached hydrogens (tertiary/aromatic N) is 1. The van der Waals surface area contributed by atoms with Crippen LogP contribution in [0.15, 0.2) is 23.1 Å². The molecular weight excluding hydrogens is 266 g/mol. The van der Waals surface area contributed by atoms with E-state index in [-0.39, 0.29) is 17.2 Å². The molecule has 0 atom stereocenters. The van der Waals surface area contributed by atoms with Crippen LogP contribution in [0, 0.1) is 0 Å². The summed E-state index contributed by atoms with van der Waals surface area (Å²) in [5.74, 6) is -0.0272. The van der Waals surface area contributed by atoms with E-state index in [9.17, 15) is 13.2 Å². The SMILES string of the molecule is CN1C(=O)Cc2cc(S(=O)(=O)NCCCN)ccc21. The number of carbonyl (C=O) groups is 1. The lowest BCUT2D eigenvalue weighted by Crippen LogP contribution is -2.26. The molecule has 1 aliphatic rings. The molecule has 7 heteroatoms. The van der Waals surface area contributed by atoms with E-state index in [4.69, 9.17) is 5.73 Å². The fraction of sp³-hybridized carbons (Fsp3) is 0.417. The standard InChI is InChI=1S/C12H17N3O3S/c1-15-11-4-3-10(7-9(11)8-12(15)16)19(17,18)14-6-2-5-13/h3-4,7,14H,2,5-6,8,13H2,1H3. The van der Waals surface area contributed by atoms with Crippen molar-refractivity contribution in [3.05, 3.63) is 23.8 Å². The number of rotatable bonds is 5. The summed E-state index contributed by atoms with van der Waals surface area (Å²) in [6.45, 7) is 0.751. The van der Waals surface area contributed by atoms with Crippen LogP contribution in [-0.4, -0.2) is 34.5 Å². The zero-order chi connectivity index (χ0) is 14.0. The Balaban J connectivity index is 2.24. The molecule has 1 aromatic carbocycles. The molecule has 0 aliphatic carbocycles. The van der Waals surface area contributed by atoms with Gasteiger partial charge in [-0.1, -0.05) is 0 Å². The van der Waals surface area contributed by atoms with Crippen molar-refractivity contribution in [2.75, 3.05) is 25.0 Å². The maximum Gasteiger partial charge on any atom is 0.240 e. The Morgan fingerprint density at radius 2 is 2.16 bits per heavy atom. The third-order valence-corrected chi connectivity index (χ3v) is 4.57. The molecule has 1 amide bonds. The molecule has 19 heavy (non-hydrogen) atoms. The summed E-state index contributed by atoms with van der Waals surface area (Å²) >= 11 is 0. The topological polar surface area (TPSA) is 92.5 Å². The van der Waals surface area contributed by atoms with E-state index >= 15 is 0 Å². The van der Waals surface area contributed by atoms with Gasteiger partial charge in [-0.05, 0) is 36.7 Å². The number of carbonyl (C=O) groups excluding carboxylic acids is 1. The number of likely N-dealkylation sites (N-methyl/N-ethyl adjacent to an activating group) is 1. The molecule has 0 bridgehead atoms. The predicted octanol–water partition coefficient (Wildman–Crippen LogP) is -0.167. The van der Waals surface area contributed by atoms with Gasteiger partial charge in [0.15, 0.2) is 0 Å². The lowest BCUT2D eigenvalue weighted by atomic mass is 10.2. The van der Waals surface area contributed by atoms with Gasteiger partial charge in [-0.25, -0.2) is 13.1 Å². The first-order valence-corrected chi connectivity index (χ1v) is 7.53. The first-order chi connectivity index (χ1) is 8.95. The van der Waals surface area contributed by atoms with Crippen molar-refractivity contribution in [3.8, 4) is 0 Å². The van der Waals surface area contributed by atoms with Gasteiger partial charge >= 0.3 is 0 Å². The van der Waals surface area contributed by atoms with Gasteiger partial charge in [0.25, 0.3) is 0 Å². The lowest BCUT2D eigenvalue weighted by Gasteiger charge is -2.11. The van der Waals surface area contributed by atoms with Crippen LogP contribution in [0.5, 0.6) is 0 Å². The first kappa shape index (κ1) is 14.0. The molecule has 2 rings (SSSR count). The van der Waals surface area contributed by atoms with Gasteiger partial charge in [-0.15, -0.1) is 0 Å². The minimum Gasteiger partial charge on any atom is -0.330 e. The van der Waals surface area contributed by atoms with Crippen molar-refractivity contribution < 1.29 is 13.2 Å². The highest BCUT2D eigenvalue weighted by Crippen LogP contribution is 2.29. The molecule has 1 heterocycles. The molecule has 1 aromatic rings. The quantitative estimate of drug-likeness (QED) is 0.734. The largest absolute Gasteiger partial charge is 0.330 e. The Bertz CT molecular complexity index is 598. The van der Waals surface area contributed by atoms with Crippen molar-refractivity contribution >= 4 is 21.6 Å². The van der Waals surface area contributed by atoms with Crippen molar-refractivity contribution in [2.24, 2.45) is 5.73 Å². The molecule has 0 saturated heterocycles. The van der Waals surface area contributed by atoms with E-state index in [1.807, 2.05) is 0 Å². The van der Waals surface area contributed by atoms with E-state index in [2.05, 4.69) is 4.72 Å². The van der Waals surface area contributed by atoms with Gasteiger partial charge in [0.1, 0.15) is 0 Å². The lowest BCUT2D eigenvalue weighted by molar-refractivity contribution is -0.117. The molecule has 1 aliphatic heterocycles. The van der Waals surface area contributed by atoms with E-state index in [1.54, 1.807) is 19.2 Å². The van der Waals surface area contributed by atoms with Gasteiger partial charge in [0.2, 0.25) is 15.9 Å². The van der Waals surface area contributed by atoms with Gasteiger partial charge in [0, 0.05) is 19.3 Å². The Labute approximate surface area is 112 Å². The van der Waals surface area contributed by atoms with Crippen LogP contribution >= 0.6 is 0 Å². The van der Waals surface area contributed by atoms with Crippen molar-refractivity contribution in [3.63, 3.8) is 0 Å². The van der Waals surface area contributed by atoms with Gasteiger partial charge in [-0.2, -0.15) is 0 Å². The second-order valence-corrected chi connectivity index (χ2v) is 6.23. The number of nitrogens with two attached hydrogens (primary N) is 1. The van der Waals surface area contributed by atoms with Crippen LogP contribution in [0.2, 0.25) is 0 Å². The number of benzene rings is 1. The number of anilines is 1. The maximum absolute atomic E-state index is 12.0. The highest BCUT2D eigenvalue weighted by atomic mass is 32.2. The summed E-state index contributed by atoms with van der Waals surface area (Å²) in [7, 11) is -1.84. The van der Waals surface area contributed by atoms with Crippen LogP contribution in [-0.2, 0) is 21.2 Å². The minimum atomic E-state index is -3.52. The number of nitrogens with one attached hydrogen (secondary N) is 1. The van der Waals surface area contributed by atoms with E-state index in [0.717, 1.165) is 11.3 Å². The summed E-state index contributed by atoms with van der Waals surface area (Å²) in [6, 6.07) is 4.73. The molecule has 104 valence electrons. The minimum absolute atomic E-state index is 0.0272. The van der Waals surface area contributed by atoms with E-state index in [0.29, 0.717) is 19.5 Å². The molecular formula is C12H17N3O3S. The second kappa shape index (κ2) is 5.28. The zero-order valence-corrected chi connectivity index (χ0v) is 11.5. The van der Waals surface area contributed by atoms with E-state index < -0.39 is 10.0 Å². The fourth-order valence-electron chi connectivity index (χ4n) is 2.01. The molecule has 0 aromatic heterocycles. The number of sulfonamides is 1. The smallest absolute Gasteiger partial charge is 0.240 e. The molecule has 0 saturated carbocycles. The normalized spacial score (nSPS) is 14.8. The Morgan fingerprint density at radius 1 is 1.42 bits per heavy atom. The molecule has 0 fully saturated rings. The van der Waals surface area contributed by atoms with Crippen molar-refractivity contribution in [1.82, 2.24) is 4.72 Å². The van der Waals surface area contributed by atoms with Gasteiger partial charge < -0.3 is 10.6 Å². The molecule has 6 nitrogen and oxygen atoms in total. The molecule has 0 spiro atoms. The summed E-state index contributed by atoms with van der Waals surface area (Å²) in [5, 5.41) is 0.